The van der Waals surface area contributed by atoms with Gasteiger partial charge in [-0.25, -0.2) is 8.42 Å². The van der Waals surface area contributed by atoms with E-state index < -0.39 is 9.84 Å². The predicted molar refractivity (Wildman–Crippen MR) is 81.8 cm³/mol. The first kappa shape index (κ1) is 16.0. The van der Waals surface area contributed by atoms with Crippen LogP contribution in [0.1, 0.15) is 30.1 Å². The highest BCUT2D eigenvalue weighted by atomic mass is 32.2. The molecule has 0 aromatic heterocycles. The second-order valence-electron chi connectivity index (χ2n) is 5.67. The molecule has 1 heterocycles. The first-order valence-corrected chi connectivity index (χ1v) is 9.07. The van der Waals surface area contributed by atoms with Crippen molar-refractivity contribution >= 4 is 15.7 Å². The van der Waals surface area contributed by atoms with E-state index >= 15 is 0 Å². The summed E-state index contributed by atoms with van der Waals surface area (Å²) in [6.45, 7) is 3.34. The summed E-state index contributed by atoms with van der Waals surface area (Å²) in [5.74, 6) is 0.187. The molecule has 0 saturated carbocycles. The van der Waals surface area contributed by atoms with E-state index in [1.54, 1.807) is 17.0 Å². The molecular weight excluding hydrogens is 288 g/mol. The highest BCUT2D eigenvalue weighted by molar-refractivity contribution is 7.90. The summed E-state index contributed by atoms with van der Waals surface area (Å²) in [5, 5.41) is 0. The number of nitrogens with two attached hydrogens (primary N) is 1. The number of sulfone groups is 1. The van der Waals surface area contributed by atoms with Crippen LogP contribution in [0.3, 0.4) is 0 Å². The number of amides is 1. The minimum absolute atomic E-state index is 0.120. The van der Waals surface area contributed by atoms with Crippen molar-refractivity contribution in [3.05, 3.63) is 29.8 Å². The smallest absolute Gasteiger partial charge is 0.253 e. The highest BCUT2D eigenvalue weighted by Gasteiger charge is 2.28. The normalized spacial score (nSPS) is 23.1. The number of nitrogens with zero attached hydrogens (tertiary/aromatic N) is 1. The molecule has 2 unspecified atom stereocenters. The largest absolute Gasteiger partial charge is 0.338 e. The van der Waals surface area contributed by atoms with Crippen molar-refractivity contribution in [2.45, 2.75) is 30.7 Å². The Morgan fingerprint density at radius 1 is 1.43 bits per heavy atom. The van der Waals surface area contributed by atoms with Crippen LogP contribution in [0, 0.1) is 5.92 Å². The molecule has 116 valence electrons. The van der Waals surface area contributed by atoms with Gasteiger partial charge >= 0.3 is 0 Å². The quantitative estimate of drug-likeness (QED) is 0.912. The molecule has 21 heavy (non-hydrogen) atoms. The molecule has 2 rings (SSSR count). The van der Waals surface area contributed by atoms with Crippen LogP contribution >= 0.6 is 0 Å². The number of benzene rings is 1. The summed E-state index contributed by atoms with van der Waals surface area (Å²) >= 11 is 0. The average molecular weight is 310 g/mol. The fraction of sp³-hybridized carbons (Fsp3) is 0.533. The first-order chi connectivity index (χ1) is 9.82. The third-order valence-electron chi connectivity index (χ3n) is 4.11. The van der Waals surface area contributed by atoms with Gasteiger partial charge in [0.25, 0.3) is 5.91 Å². The Labute approximate surface area is 126 Å². The van der Waals surface area contributed by atoms with Crippen LogP contribution in [-0.2, 0) is 9.84 Å². The number of carbonyl (C=O) groups excluding carboxylic acids is 1. The molecular formula is C15H22N2O3S. The minimum atomic E-state index is -3.30. The summed E-state index contributed by atoms with van der Waals surface area (Å²) in [4.78, 5) is 14.5. The predicted octanol–water partition coefficient (Wildman–Crippen LogP) is 1.29. The van der Waals surface area contributed by atoms with Crippen LogP contribution in [0.15, 0.2) is 29.2 Å². The van der Waals surface area contributed by atoms with E-state index in [0.29, 0.717) is 24.6 Å². The molecule has 1 amide bonds. The van der Waals surface area contributed by atoms with Crippen molar-refractivity contribution in [2.75, 3.05) is 19.3 Å². The summed E-state index contributed by atoms with van der Waals surface area (Å²) in [6, 6.07) is 6.37. The van der Waals surface area contributed by atoms with Crippen LogP contribution in [-0.4, -0.2) is 44.6 Å². The monoisotopic (exact) mass is 310 g/mol. The van der Waals surface area contributed by atoms with Gasteiger partial charge in [-0.15, -0.1) is 0 Å². The van der Waals surface area contributed by atoms with Gasteiger partial charge in [0.15, 0.2) is 9.84 Å². The van der Waals surface area contributed by atoms with Gasteiger partial charge in [-0.1, -0.05) is 19.4 Å². The van der Waals surface area contributed by atoms with Crippen molar-refractivity contribution in [3.63, 3.8) is 0 Å². The zero-order valence-electron chi connectivity index (χ0n) is 12.5. The van der Waals surface area contributed by atoms with E-state index in [1.807, 2.05) is 0 Å². The fourth-order valence-corrected chi connectivity index (χ4v) is 3.38. The van der Waals surface area contributed by atoms with Crippen molar-refractivity contribution in [2.24, 2.45) is 11.7 Å². The van der Waals surface area contributed by atoms with E-state index in [0.717, 1.165) is 19.1 Å². The van der Waals surface area contributed by atoms with Gasteiger partial charge in [-0.2, -0.15) is 0 Å². The van der Waals surface area contributed by atoms with Gasteiger partial charge < -0.3 is 10.6 Å². The van der Waals surface area contributed by atoms with Gasteiger partial charge in [-0.05, 0) is 30.5 Å². The number of carbonyl (C=O) groups is 1. The van der Waals surface area contributed by atoms with E-state index in [-0.39, 0.29) is 16.8 Å². The second-order valence-corrected chi connectivity index (χ2v) is 7.69. The molecule has 1 saturated heterocycles. The zero-order valence-corrected chi connectivity index (χ0v) is 13.3. The van der Waals surface area contributed by atoms with Crippen LogP contribution in [0.5, 0.6) is 0 Å². The number of rotatable bonds is 3. The van der Waals surface area contributed by atoms with E-state index in [1.165, 1.54) is 12.1 Å². The maximum atomic E-state index is 12.5. The molecule has 1 aliphatic heterocycles. The van der Waals surface area contributed by atoms with Gasteiger partial charge in [0.05, 0.1) is 4.90 Å². The summed E-state index contributed by atoms with van der Waals surface area (Å²) in [7, 11) is -3.30. The lowest BCUT2D eigenvalue weighted by atomic mass is 9.90. The lowest BCUT2D eigenvalue weighted by Crippen LogP contribution is -2.49. The van der Waals surface area contributed by atoms with Crippen LogP contribution < -0.4 is 5.73 Å². The number of piperidine rings is 1. The molecule has 6 heteroatoms. The molecule has 1 fully saturated rings. The number of hydrogen-bond acceptors (Lipinski definition) is 4. The van der Waals surface area contributed by atoms with Crippen molar-refractivity contribution < 1.29 is 13.2 Å². The molecule has 0 spiro atoms. The SMILES string of the molecule is CCC1CN(C(=O)c2cccc(S(C)(=O)=O)c2)CCC1N. The molecule has 5 nitrogen and oxygen atoms in total. The molecule has 1 aromatic carbocycles. The van der Waals surface area contributed by atoms with E-state index in [4.69, 9.17) is 5.73 Å². The average Bonchev–Trinajstić information content (AvgIpc) is 2.46. The Hall–Kier alpha value is -1.40. The summed E-state index contributed by atoms with van der Waals surface area (Å²) in [6.07, 6.45) is 2.87. The van der Waals surface area contributed by atoms with Gasteiger partial charge in [0, 0.05) is 31.0 Å². The highest BCUT2D eigenvalue weighted by Crippen LogP contribution is 2.21. The number of hydrogen-bond donors (Lipinski definition) is 1. The summed E-state index contributed by atoms with van der Waals surface area (Å²) in [5.41, 5.74) is 6.47. The summed E-state index contributed by atoms with van der Waals surface area (Å²) < 4.78 is 23.2. The van der Waals surface area contributed by atoms with Crippen molar-refractivity contribution in [3.8, 4) is 0 Å². The lowest BCUT2D eigenvalue weighted by Gasteiger charge is -2.36. The lowest BCUT2D eigenvalue weighted by molar-refractivity contribution is 0.0649. The van der Waals surface area contributed by atoms with Crippen molar-refractivity contribution in [1.29, 1.82) is 0 Å². The molecule has 2 atom stereocenters. The van der Waals surface area contributed by atoms with Crippen LogP contribution in [0.2, 0.25) is 0 Å². The van der Waals surface area contributed by atoms with Gasteiger partial charge in [0.1, 0.15) is 0 Å². The third-order valence-corrected chi connectivity index (χ3v) is 5.22. The Bertz CT molecular complexity index is 628. The van der Waals surface area contributed by atoms with Crippen LogP contribution in [0.4, 0.5) is 0 Å². The molecule has 1 aromatic rings. The fourth-order valence-electron chi connectivity index (χ4n) is 2.71. The maximum Gasteiger partial charge on any atom is 0.253 e. The minimum Gasteiger partial charge on any atom is -0.338 e. The second kappa shape index (κ2) is 6.15. The van der Waals surface area contributed by atoms with Crippen molar-refractivity contribution in [1.82, 2.24) is 4.90 Å². The van der Waals surface area contributed by atoms with Crippen LogP contribution in [0.25, 0.3) is 0 Å². The Morgan fingerprint density at radius 2 is 2.14 bits per heavy atom. The van der Waals surface area contributed by atoms with Gasteiger partial charge in [0.2, 0.25) is 0 Å². The first-order valence-electron chi connectivity index (χ1n) is 7.18. The van der Waals surface area contributed by atoms with E-state index in [2.05, 4.69) is 6.92 Å². The molecule has 0 aliphatic carbocycles. The topological polar surface area (TPSA) is 80.5 Å². The van der Waals surface area contributed by atoms with E-state index in [9.17, 15) is 13.2 Å². The maximum absolute atomic E-state index is 12.5. The molecule has 0 bridgehead atoms. The Morgan fingerprint density at radius 3 is 2.76 bits per heavy atom. The molecule has 1 aliphatic rings. The molecule has 0 radical (unpaired) electrons. The number of likely N-dealkylation sites (tertiary alicyclic amines) is 1. The standard InChI is InChI=1S/C15H22N2O3S/c1-3-11-10-17(8-7-14(11)16)15(18)12-5-4-6-13(9-12)21(2,19)20/h4-6,9,11,14H,3,7-8,10,16H2,1-2H3. The third kappa shape index (κ3) is 3.63. The Balaban J connectivity index is 2.21. The Kier molecular flexibility index (Phi) is 4.68. The molecule has 2 N–H and O–H groups in total. The van der Waals surface area contributed by atoms with Gasteiger partial charge in [-0.3, -0.25) is 4.79 Å². The zero-order chi connectivity index (χ0) is 15.6.